The Bertz CT molecular complexity index is 1190. The van der Waals surface area contributed by atoms with Crippen molar-refractivity contribution in [3.05, 3.63) is 54.1 Å². The van der Waals surface area contributed by atoms with E-state index in [1.54, 1.807) is 0 Å². The molecule has 0 aliphatic rings. The molecule has 236 valence electrons. The van der Waals surface area contributed by atoms with Crippen LogP contribution in [0.1, 0.15) is 37.0 Å². The van der Waals surface area contributed by atoms with Gasteiger partial charge in [0.25, 0.3) is 0 Å². The molecule has 0 N–H and O–H groups in total. The van der Waals surface area contributed by atoms with Gasteiger partial charge in [0.2, 0.25) is 0 Å². The van der Waals surface area contributed by atoms with E-state index in [1.165, 1.54) is 36.4 Å². The number of halogens is 13. The predicted octanol–water partition coefficient (Wildman–Crippen LogP) is 9.06. The summed E-state index contributed by atoms with van der Waals surface area (Å²) in [4.78, 5) is 12.1. The van der Waals surface area contributed by atoms with E-state index >= 15 is 0 Å². The first-order valence-corrected chi connectivity index (χ1v) is 12.0. The van der Waals surface area contributed by atoms with Crippen LogP contribution in [0.3, 0.4) is 0 Å². The van der Waals surface area contributed by atoms with E-state index < -0.39 is 54.8 Å². The topological polar surface area (TPSA) is 35.5 Å². The van der Waals surface area contributed by atoms with Gasteiger partial charge in [-0.1, -0.05) is 44.5 Å². The molecule has 1 atom stereocenters. The number of ether oxygens (including phenoxy) is 2. The van der Waals surface area contributed by atoms with E-state index in [0.717, 1.165) is 18.6 Å². The van der Waals surface area contributed by atoms with Gasteiger partial charge in [0.05, 0.1) is 25.2 Å². The van der Waals surface area contributed by atoms with Crippen LogP contribution < -0.4 is 4.74 Å². The first-order valence-electron chi connectivity index (χ1n) is 12.0. The smallest absolute Gasteiger partial charge is 0.460 e. The van der Waals surface area contributed by atoms with Crippen molar-refractivity contribution in [2.45, 2.75) is 62.5 Å². The summed E-state index contributed by atoms with van der Waals surface area (Å²) < 4.78 is 181. The number of rotatable bonds is 13. The zero-order valence-electron chi connectivity index (χ0n) is 21.7. The van der Waals surface area contributed by atoms with Crippen LogP contribution in [0.15, 0.2) is 48.5 Å². The zero-order valence-corrected chi connectivity index (χ0v) is 21.7. The molecule has 0 saturated heterocycles. The Morgan fingerprint density at radius 3 is 1.60 bits per heavy atom. The summed E-state index contributed by atoms with van der Waals surface area (Å²) in [7, 11) is 0. The van der Waals surface area contributed by atoms with E-state index in [-0.39, 0.29) is 23.8 Å². The van der Waals surface area contributed by atoms with Gasteiger partial charge >= 0.3 is 41.8 Å². The van der Waals surface area contributed by atoms with Crippen LogP contribution >= 0.6 is 0 Å². The summed E-state index contributed by atoms with van der Waals surface area (Å²) in [5.74, 6) is -37.8. The molecule has 0 aliphatic carbocycles. The number of esters is 1. The molecule has 0 radical (unpaired) electrons. The van der Waals surface area contributed by atoms with Crippen molar-refractivity contribution >= 4 is 5.97 Å². The number of carbonyl (C=O) groups excluding carboxylic acids is 1. The average Bonchev–Trinajstić information content (AvgIpc) is 2.90. The van der Waals surface area contributed by atoms with Gasteiger partial charge in [-0.15, -0.1) is 0 Å². The highest BCUT2D eigenvalue weighted by molar-refractivity contribution is 5.90. The first kappa shape index (κ1) is 35.0. The van der Waals surface area contributed by atoms with Crippen LogP contribution in [0.25, 0.3) is 11.1 Å². The highest BCUT2D eigenvalue weighted by Gasteiger charge is 2.90. The second-order valence-electron chi connectivity index (χ2n) is 9.31. The summed E-state index contributed by atoms with van der Waals surface area (Å²) in [5.41, 5.74) is 1.28. The van der Waals surface area contributed by atoms with Gasteiger partial charge < -0.3 is 9.47 Å². The minimum atomic E-state index is -7.94. The molecule has 0 heterocycles. The Balaban J connectivity index is 2.07. The zero-order chi connectivity index (χ0) is 32.4. The van der Waals surface area contributed by atoms with E-state index in [4.69, 9.17) is 9.47 Å². The van der Waals surface area contributed by atoms with Crippen molar-refractivity contribution in [3.63, 3.8) is 0 Å². The molecule has 42 heavy (non-hydrogen) atoms. The average molecular weight is 630 g/mol. The fourth-order valence-electron chi connectivity index (χ4n) is 3.22. The van der Waals surface area contributed by atoms with Crippen molar-refractivity contribution in [2.24, 2.45) is 5.92 Å². The third kappa shape index (κ3) is 6.72. The van der Waals surface area contributed by atoms with Crippen molar-refractivity contribution in [1.29, 1.82) is 0 Å². The summed E-state index contributed by atoms with van der Waals surface area (Å²) in [6.45, 7) is 2.51. The summed E-state index contributed by atoms with van der Waals surface area (Å²) in [6, 6.07) is 10.9. The Kier molecular flexibility index (Phi) is 10.2. The second-order valence-corrected chi connectivity index (χ2v) is 9.31. The quantitative estimate of drug-likeness (QED) is 0.164. The Morgan fingerprint density at radius 1 is 0.690 bits per heavy atom. The van der Waals surface area contributed by atoms with Gasteiger partial charge in [-0.3, -0.25) is 0 Å². The standard InChI is InChI=1S/C26H23F13O3/c1-3-15(2)14-42-20(40)18-6-4-16(5-7-18)17-8-10-19(11-9-17)41-13-12-21(27,28)22(29,30)23(31,32)24(33,34)25(35,36)26(37,38)39/h4-11,15H,3,12-14H2,1-2H3/t15-/m0/s1. The van der Waals surface area contributed by atoms with Crippen LogP contribution in [0, 0.1) is 5.92 Å². The van der Waals surface area contributed by atoms with Crippen LogP contribution in [0.4, 0.5) is 57.1 Å². The molecule has 0 aromatic heterocycles. The van der Waals surface area contributed by atoms with Gasteiger partial charge in [-0.2, -0.15) is 57.1 Å². The lowest BCUT2D eigenvalue weighted by molar-refractivity contribution is -0.440. The number of carbonyl (C=O) groups is 1. The van der Waals surface area contributed by atoms with Crippen molar-refractivity contribution < 1.29 is 71.3 Å². The minimum absolute atomic E-state index is 0.165. The monoisotopic (exact) mass is 630 g/mol. The van der Waals surface area contributed by atoms with Gasteiger partial charge in [-0.05, 0) is 41.3 Å². The van der Waals surface area contributed by atoms with Gasteiger partial charge in [0, 0.05) is 0 Å². The Morgan fingerprint density at radius 2 is 1.14 bits per heavy atom. The molecule has 0 amide bonds. The normalized spacial score (nSPS) is 14.5. The molecule has 2 aromatic carbocycles. The summed E-state index contributed by atoms with van der Waals surface area (Å²) >= 11 is 0. The van der Waals surface area contributed by atoms with Crippen LogP contribution in [0.2, 0.25) is 0 Å². The van der Waals surface area contributed by atoms with Crippen LogP contribution in [0.5, 0.6) is 5.75 Å². The first-order chi connectivity index (χ1) is 19.0. The molecule has 0 saturated carbocycles. The molecule has 2 aromatic rings. The number of hydrogen-bond donors (Lipinski definition) is 0. The molecular formula is C26H23F13O3. The highest BCUT2D eigenvalue weighted by atomic mass is 19.4. The van der Waals surface area contributed by atoms with Crippen LogP contribution in [-0.2, 0) is 4.74 Å². The van der Waals surface area contributed by atoms with E-state index in [2.05, 4.69) is 0 Å². The summed E-state index contributed by atoms with van der Waals surface area (Å²) in [6.07, 6.45) is -9.11. The minimum Gasteiger partial charge on any atom is -0.493 e. The summed E-state index contributed by atoms with van der Waals surface area (Å²) in [5, 5.41) is 0. The molecule has 0 unspecified atom stereocenters. The molecule has 0 bridgehead atoms. The van der Waals surface area contributed by atoms with Gasteiger partial charge in [0.15, 0.2) is 0 Å². The molecule has 0 aliphatic heterocycles. The number of hydrogen-bond acceptors (Lipinski definition) is 3. The van der Waals surface area contributed by atoms with E-state index in [0.29, 0.717) is 11.1 Å². The van der Waals surface area contributed by atoms with Gasteiger partial charge in [-0.25, -0.2) is 4.79 Å². The molecule has 2 rings (SSSR count). The van der Waals surface area contributed by atoms with Crippen molar-refractivity contribution in [1.82, 2.24) is 0 Å². The fourth-order valence-corrected chi connectivity index (χ4v) is 3.22. The largest absolute Gasteiger partial charge is 0.493 e. The van der Waals surface area contributed by atoms with Crippen molar-refractivity contribution in [2.75, 3.05) is 13.2 Å². The van der Waals surface area contributed by atoms with Gasteiger partial charge in [0.1, 0.15) is 5.75 Å². The number of alkyl halides is 13. The maximum Gasteiger partial charge on any atom is 0.460 e. The van der Waals surface area contributed by atoms with Crippen molar-refractivity contribution in [3.8, 4) is 16.9 Å². The molecule has 0 spiro atoms. The lowest BCUT2D eigenvalue weighted by Gasteiger charge is -2.39. The lowest BCUT2D eigenvalue weighted by Crippen LogP contribution is -2.70. The molecule has 3 nitrogen and oxygen atoms in total. The SMILES string of the molecule is CC[C@H](C)COC(=O)c1ccc(-c2ccc(OCCC(F)(F)C(F)(F)C(F)(F)C(F)(F)C(F)(F)C(F)(F)F)cc2)cc1. The maximum absolute atomic E-state index is 13.9. The molecular weight excluding hydrogens is 607 g/mol. The maximum atomic E-state index is 13.9. The van der Waals surface area contributed by atoms with Crippen LogP contribution in [-0.4, -0.2) is 55.0 Å². The Labute approximate surface area is 230 Å². The van der Waals surface area contributed by atoms with E-state index in [9.17, 15) is 61.9 Å². The molecule has 0 fully saturated rings. The third-order valence-electron chi connectivity index (χ3n) is 6.19. The highest BCUT2D eigenvalue weighted by Crippen LogP contribution is 2.60. The second kappa shape index (κ2) is 12.2. The third-order valence-corrected chi connectivity index (χ3v) is 6.19. The molecule has 16 heteroatoms. The number of benzene rings is 2. The van der Waals surface area contributed by atoms with E-state index in [1.807, 2.05) is 13.8 Å². The lowest BCUT2D eigenvalue weighted by atomic mass is 9.93. The predicted molar refractivity (Wildman–Crippen MR) is 123 cm³/mol. The fraction of sp³-hybridized carbons (Fsp3) is 0.500. The Hall–Kier alpha value is -3.20.